The molecule has 1 aromatic carbocycles. The molecule has 0 saturated heterocycles. The zero-order valence-electron chi connectivity index (χ0n) is 12.9. The average Bonchev–Trinajstić information content (AvgIpc) is 3.15. The lowest BCUT2D eigenvalue weighted by atomic mass is 9.79. The van der Waals surface area contributed by atoms with Gasteiger partial charge in [0.15, 0.2) is 0 Å². The van der Waals surface area contributed by atoms with E-state index < -0.39 is 0 Å². The molecule has 1 fully saturated rings. The molecule has 1 aliphatic carbocycles. The third-order valence-corrected chi connectivity index (χ3v) is 5.81. The van der Waals surface area contributed by atoms with Crippen LogP contribution in [0, 0.1) is 5.41 Å². The van der Waals surface area contributed by atoms with Crippen molar-refractivity contribution in [1.82, 2.24) is 10.3 Å². The lowest BCUT2D eigenvalue weighted by Crippen LogP contribution is -2.41. The van der Waals surface area contributed by atoms with Gasteiger partial charge in [-0.25, -0.2) is 4.98 Å². The van der Waals surface area contributed by atoms with Gasteiger partial charge in [0.05, 0.1) is 10.7 Å². The van der Waals surface area contributed by atoms with Crippen molar-refractivity contribution in [2.75, 3.05) is 7.05 Å². The van der Waals surface area contributed by atoms with E-state index in [0.29, 0.717) is 11.5 Å². The van der Waals surface area contributed by atoms with Crippen LogP contribution >= 0.6 is 11.3 Å². The maximum absolute atomic E-state index is 4.85. The van der Waals surface area contributed by atoms with E-state index in [1.807, 2.05) is 0 Å². The van der Waals surface area contributed by atoms with Crippen molar-refractivity contribution in [3.8, 4) is 11.3 Å². The van der Waals surface area contributed by atoms with Gasteiger partial charge < -0.3 is 5.32 Å². The highest BCUT2D eigenvalue weighted by atomic mass is 32.1. The SMILES string of the molecule is CNC(Cc1nc(-c2ccccc2)cs1)C1(C)CCCC1. The molecule has 1 unspecified atom stereocenters. The predicted molar refractivity (Wildman–Crippen MR) is 90.7 cm³/mol. The Labute approximate surface area is 131 Å². The number of thiazole rings is 1. The quantitative estimate of drug-likeness (QED) is 0.878. The normalized spacial score (nSPS) is 18.8. The van der Waals surface area contributed by atoms with Crippen molar-refractivity contribution in [2.45, 2.75) is 45.1 Å². The molecule has 3 rings (SSSR count). The first-order valence-electron chi connectivity index (χ1n) is 7.88. The van der Waals surface area contributed by atoms with E-state index in [-0.39, 0.29) is 0 Å². The Bertz CT molecular complexity index is 570. The lowest BCUT2D eigenvalue weighted by Gasteiger charge is -2.33. The average molecular weight is 300 g/mol. The molecule has 0 aliphatic heterocycles. The molecule has 2 aromatic rings. The molecule has 1 aromatic heterocycles. The number of aromatic nitrogens is 1. The van der Waals surface area contributed by atoms with Crippen LogP contribution in [-0.4, -0.2) is 18.1 Å². The Morgan fingerprint density at radius 2 is 1.95 bits per heavy atom. The molecule has 1 atom stereocenters. The number of nitrogens with one attached hydrogen (secondary N) is 1. The van der Waals surface area contributed by atoms with Gasteiger partial charge in [0, 0.05) is 23.4 Å². The summed E-state index contributed by atoms with van der Waals surface area (Å²) in [6.07, 6.45) is 6.49. The van der Waals surface area contributed by atoms with Gasteiger partial charge in [0.2, 0.25) is 0 Å². The van der Waals surface area contributed by atoms with Gasteiger partial charge in [-0.2, -0.15) is 0 Å². The van der Waals surface area contributed by atoms with Gasteiger partial charge in [0.25, 0.3) is 0 Å². The maximum atomic E-state index is 4.85. The van der Waals surface area contributed by atoms with Gasteiger partial charge in [-0.1, -0.05) is 50.1 Å². The summed E-state index contributed by atoms with van der Waals surface area (Å²) in [5, 5.41) is 6.99. The zero-order chi connectivity index (χ0) is 14.7. The first-order chi connectivity index (χ1) is 10.2. The topological polar surface area (TPSA) is 24.9 Å². The van der Waals surface area contributed by atoms with Crippen LogP contribution < -0.4 is 5.32 Å². The molecule has 3 heteroatoms. The third-order valence-electron chi connectivity index (χ3n) is 4.94. The Balaban J connectivity index is 1.74. The van der Waals surface area contributed by atoms with E-state index in [2.05, 4.69) is 55.0 Å². The van der Waals surface area contributed by atoms with Crippen LogP contribution in [0.15, 0.2) is 35.7 Å². The summed E-state index contributed by atoms with van der Waals surface area (Å²) in [5.41, 5.74) is 2.77. The van der Waals surface area contributed by atoms with Crippen LogP contribution in [0.25, 0.3) is 11.3 Å². The van der Waals surface area contributed by atoms with Crippen LogP contribution in [0.4, 0.5) is 0 Å². The van der Waals surface area contributed by atoms with Crippen LogP contribution in [0.2, 0.25) is 0 Å². The molecule has 0 spiro atoms. The van der Waals surface area contributed by atoms with Crippen LogP contribution in [0.5, 0.6) is 0 Å². The number of nitrogens with zero attached hydrogens (tertiary/aromatic N) is 1. The van der Waals surface area contributed by atoms with Gasteiger partial charge in [0.1, 0.15) is 0 Å². The summed E-state index contributed by atoms with van der Waals surface area (Å²) in [4.78, 5) is 4.85. The largest absolute Gasteiger partial charge is 0.316 e. The summed E-state index contributed by atoms with van der Waals surface area (Å²) in [7, 11) is 2.10. The van der Waals surface area contributed by atoms with Crippen molar-refractivity contribution in [2.24, 2.45) is 5.41 Å². The molecular formula is C18H24N2S. The van der Waals surface area contributed by atoms with Crippen molar-refractivity contribution < 1.29 is 0 Å². The van der Waals surface area contributed by atoms with Gasteiger partial charge >= 0.3 is 0 Å². The maximum Gasteiger partial charge on any atom is 0.0948 e. The fourth-order valence-electron chi connectivity index (χ4n) is 3.55. The minimum absolute atomic E-state index is 0.438. The van der Waals surface area contributed by atoms with Crippen molar-refractivity contribution in [3.05, 3.63) is 40.7 Å². The van der Waals surface area contributed by atoms with E-state index >= 15 is 0 Å². The first kappa shape index (κ1) is 14.7. The Morgan fingerprint density at radius 3 is 2.62 bits per heavy atom. The summed E-state index contributed by atoms with van der Waals surface area (Å²) >= 11 is 1.79. The van der Waals surface area contributed by atoms with E-state index in [9.17, 15) is 0 Å². The number of hydrogen-bond acceptors (Lipinski definition) is 3. The minimum atomic E-state index is 0.438. The predicted octanol–water partition coefficient (Wildman–Crippen LogP) is 4.52. The number of likely N-dealkylation sites (N-methyl/N-ethyl adjacent to an activating group) is 1. The van der Waals surface area contributed by atoms with Crippen molar-refractivity contribution in [3.63, 3.8) is 0 Å². The summed E-state index contributed by atoms with van der Waals surface area (Å²) < 4.78 is 0. The second-order valence-electron chi connectivity index (χ2n) is 6.40. The summed E-state index contributed by atoms with van der Waals surface area (Å²) in [5.74, 6) is 0. The smallest absolute Gasteiger partial charge is 0.0948 e. The molecule has 21 heavy (non-hydrogen) atoms. The fraction of sp³-hybridized carbons (Fsp3) is 0.500. The molecule has 1 heterocycles. The van der Waals surface area contributed by atoms with Gasteiger partial charge in [-0.05, 0) is 25.3 Å². The molecule has 2 nitrogen and oxygen atoms in total. The summed E-state index contributed by atoms with van der Waals surface area (Å²) in [6.45, 7) is 2.44. The van der Waals surface area contributed by atoms with E-state index in [1.165, 1.54) is 36.3 Å². The highest BCUT2D eigenvalue weighted by Crippen LogP contribution is 2.41. The Hall–Kier alpha value is -1.19. The molecular weight excluding hydrogens is 276 g/mol. The standard InChI is InChI=1S/C18H24N2S/c1-18(10-6-7-11-18)16(19-2)12-17-20-15(13-21-17)14-8-4-3-5-9-14/h3-5,8-9,13,16,19H,6-7,10-12H2,1-2H3. The van der Waals surface area contributed by atoms with Gasteiger partial charge in [-0.3, -0.25) is 0 Å². The summed E-state index contributed by atoms with van der Waals surface area (Å²) in [6, 6.07) is 11.0. The number of benzene rings is 1. The fourth-order valence-corrected chi connectivity index (χ4v) is 4.40. The molecule has 0 bridgehead atoms. The second-order valence-corrected chi connectivity index (χ2v) is 7.34. The van der Waals surface area contributed by atoms with E-state index in [1.54, 1.807) is 11.3 Å². The molecule has 1 saturated carbocycles. The number of hydrogen-bond donors (Lipinski definition) is 1. The molecule has 0 amide bonds. The second kappa shape index (κ2) is 6.29. The molecule has 1 N–H and O–H groups in total. The van der Waals surface area contributed by atoms with E-state index in [4.69, 9.17) is 4.98 Å². The van der Waals surface area contributed by atoms with E-state index in [0.717, 1.165) is 12.1 Å². The lowest BCUT2D eigenvalue weighted by molar-refractivity contribution is 0.229. The van der Waals surface area contributed by atoms with Gasteiger partial charge in [-0.15, -0.1) is 11.3 Å². The zero-order valence-corrected chi connectivity index (χ0v) is 13.7. The third kappa shape index (κ3) is 3.19. The van der Waals surface area contributed by atoms with Crippen molar-refractivity contribution >= 4 is 11.3 Å². The minimum Gasteiger partial charge on any atom is -0.316 e. The first-order valence-corrected chi connectivity index (χ1v) is 8.76. The van der Waals surface area contributed by atoms with Crippen LogP contribution in [-0.2, 0) is 6.42 Å². The van der Waals surface area contributed by atoms with Crippen LogP contribution in [0.1, 0.15) is 37.6 Å². The Morgan fingerprint density at radius 1 is 1.24 bits per heavy atom. The monoisotopic (exact) mass is 300 g/mol. The molecule has 112 valence electrons. The van der Waals surface area contributed by atoms with Crippen molar-refractivity contribution in [1.29, 1.82) is 0 Å². The van der Waals surface area contributed by atoms with Crippen LogP contribution in [0.3, 0.4) is 0 Å². The highest BCUT2D eigenvalue weighted by molar-refractivity contribution is 7.09. The molecule has 1 aliphatic rings. The Kier molecular flexibility index (Phi) is 4.41. The number of rotatable bonds is 5. The highest BCUT2D eigenvalue weighted by Gasteiger charge is 2.36. The molecule has 0 radical (unpaired) electrons.